The minimum Gasteiger partial charge on any atom is -0.321 e. The largest absolute Gasteiger partial charge is 0.321 e. The van der Waals surface area contributed by atoms with Crippen LogP contribution in [0.3, 0.4) is 0 Å². The Balaban J connectivity index is 2.30. The van der Waals surface area contributed by atoms with Gasteiger partial charge in [0.2, 0.25) is 0 Å². The summed E-state index contributed by atoms with van der Waals surface area (Å²) in [6, 6.07) is 10.3. The molecule has 1 unspecified atom stereocenters. The molecule has 0 radical (unpaired) electrons. The van der Waals surface area contributed by atoms with Crippen LogP contribution in [0.4, 0.5) is 8.78 Å². The molecule has 1 atom stereocenters. The van der Waals surface area contributed by atoms with Gasteiger partial charge in [-0.3, -0.25) is 0 Å². The Morgan fingerprint density at radius 1 is 1.11 bits per heavy atom. The van der Waals surface area contributed by atoms with Crippen molar-refractivity contribution >= 4 is 11.6 Å². The predicted octanol–water partition coefficient (Wildman–Crippen LogP) is 4.03. The Morgan fingerprint density at radius 3 is 2.37 bits per heavy atom. The van der Waals surface area contributed by atoms with E-state index in [1.54, 1.807) is 25.1 Å². The summed E-state index contributed by atoms with van der Waals surface area (Å²) in [6.07, 6.45) is 0.283. The maximum Gasteiger partial charge on any atom is 0.126 e. The van der Waals surface area contributed by atoms with Gasteiger partial charge in [0.15, 0.2) is 0 Å². The SMILES string of the molecule is CC(N)(Cc1cc(Cl)ccc1F)c1ccc(F)cc1. The fourth-order valence-corrected chi connectivity index (χ4v) is 2.20. The highest BCUT2D eigenvalue weighted by atomic mass is 35.5. The summed E-state index contributed by atoms with van der Waals surface area (Å²) in [5, 5.41) is 0.464. The molecule has 0 aliphatic rings. The molecule has 2 rings (SSSR count). The van der Waals surface area contributed by atoms with Crippen LogP contribution < -0.4 is 5.73 Å². The van der Waals surface area contributed by atoms with Gasteiger partial charge in [-0.2, -0.15) is 0 Å². The number of rotatable bonds is 3. The molecule has 4 heteroatoms. The first kappa shape index (κ1) is 14.0. The van der Waals surface area contributed by atoms with Crippen molar-refractivity contribution in [1.82, 2.24) is 0 Å². The van der Waals surface area contributed by atoms with Gasteiger partial charge in [0.05, 0.1) is 0 Å². The Morgan fingerprint density at radius 2 is 1.74 bits per heavy atom. The third-order valence-electron chi connectivity index (χ3n) is 3.07. The molecule has 0 bridgehead atoms. The van der Waals surface area contributed by atoms with E-state index in [1.165, 1.54) is 24.3 Å². The van der Waals surface area contributed by atoms with Gasteiger partial charge in [-0.25, -0.2) is 8.78 Å². The zero-order chi connectivity index (χ0) is 14.0. The Hall–Kier alpha value is -1.45. The second-order valence-corrected chi connectivity index (χ2v) is 5.27. The highest BCUT2D eigenvalue weighted by molar-refractivity contribution is 6.30. The topological polar surface area (TPSA) is 26.0 Å². The summed E-state index contributed by atoms with van der Waals surface area (Å²) < 4.78 is 26.6. The molecule has 0 fully saturated rings. The van der Waals surface area contributed by atoms with E-state index in [4.69, 9.17) is 17.3 Å². The molecule has 0 aromatic heterocycles. The van der Waals surface area contributed by atoms with Crippen molar-refractivity contribution < 1.29 is 8.78 Å². The third kappa shape index (κ3) is 3.31. The van der Waals surface area contributed by atoms with E-state index in [-0.39, 0.29) is 18.1 Å². The smallest absolute Gasteiger partial charge is 0.126 e. The van der Waals surface area contributed by atoms with Crippen LogP contribution in [0.5, 0.6) is 0 Å². The summed E-state index contributed by atoms with van der Waals surface area (Å²) in [6.45, 7) is 1.78. The molecular weight excluding hydrogens is 268 g/mol. The van der Waals surface area contributed by atoms with Crippen LogP contribution in [-0.4, -0.2) is 0 Å². The summed E-state index contributed by atoms with van der Waals surface area (Å²) in [4.78, 5) is 0. The van der Waals surface area contributed by atoms with Crippen LogP contribution in [0.25, 0.3) is 0 Å². The summed E-state index contributed by atoms with van der Waals surface area (Å²) in [5.41, 5.74) is 6.60. The van der Waals surface area contributed by atoms with Crippen molar-refractivity contribution in [3.8, 4) is 0 Å². The average Bonchev–Trinajstić information content (AvgIpc) is 2.34. The Kier molecular flexibility index (Phi) is 3.88. The standard InChI is InChI=1S/C15H14ClF2N/c1-15(19,11-2-5-13(17)6-3-11)9-10-8-12(16)4-7-14(10)18/h2-8H,9,19H2,1H3. The van der Waals surface area contributed by atoms with Crippen molar-refractivity contribution in [2.75, 3.05) is 0 Å². The van der Waals surface area contributed by atoms with Crippen molar-refractivity contribution in [3.63, 3.8) is 0 Å². The molecule has 0 heterocycles. The molecule has 2 N–H and O–H groups in total. The Bertz CT molecular complexity index is 579. The third-order valence-corrected chi connectivity index (χ3v) is 3.30. The molecule has 0 spiro atoms. The molecule has 0 saturated carbocycles. The molecule has 0 aliphatic heterocycles. The van der Waals surface area contributed by atoms with Gasteiger partial charge in [0, 0.05) is 10.6 Å². The van der Waals surface area contributed by atoms with E-state index in [0.29, 0.717) is 10.6 Å². The maximum atomic E-state index is 13.7. The zero-order valence-corrected chi connectivity index (χ0v) is 11.2. The van der Waals surface area contributed by atoms with E-state index in [0.717, 1.165) is 5.56 Å². The van der Waals surface area contributed by atoms with Crippen LogP contribution in [0, 0.1) is 11.6 Å². The van der Waals surface area contributed by atoms with Crippen LogP contribution in [0.15, 0.2) is 42.5 Å². The van der Waals surface area contributed by atoms with E-state index >= 15 is 0 Å². The van der Waals surface area contributed by atoms with Crippen molar-refractivity contribution in [2.24, 2.45) is 5.73 Å². The summed E-state index contributed by atoms with van der Waals surface area (Å²) in [7, 11) is 0. The van der Waals surface area contributed by atoms with E-state index < -0.39 is 5.54 Å². The molecule has 2 aromatic carbocycles. The molecule has 0 aliphatic carbocycles. The van der Waals surface area contributed by atoms with Gasteiger partial charge in [0.1, 0.15) is 11.6 Å². The first-order valence-corrected chi connectivity index (χ1v) is 6.25. The van der Waals surface area contributed by atoms with E-state index in [9.17, 15) is 8.78 Å². The number of benzene rings is 2. The lowest BCUT2D eigenvalue weighted by molar-refractivity contribution is 0.474. The molecule has 2 aromatic rings. The minimum atomic E-state index is -0.792. The van der Waals surface area contributed by atoms with Crippen molar-refractivity contribution in [3.05, 3.63) is 70.2 Å². The lowest BCUT2D eigenvalue weighted by atomic mass is 9.86. The van der Waals surface area contributed by atoms with Crippen LogP contribution >= 0.6 is 11.6 Å². The summed E-state index contributed by atoms with van der Waals surface area (Å²) >= 11 is 5.86. The Labute approximate surface area is 116 Å². The zero-order valence-electron chi connectivity index (χ0n) is 10.5. The summed E-state index contributed by atoms with van der Waals surface area (Å²) in [5.74, 6) is -0.670. The van der Waals surface area contributed by atoms with Crippen molar-refractivity contribution in [2.45, 2.75) is 18.9 Å². The van der Waals surface area contributed by atoms with Gasteiger partial charge < -0.3 is 5.73 Å². The molecule has 19 heavy (non-hydrogen) atoms. The van der Waals surface area contributed by atoms with Crippen LogP contribution in [0.1, 0.15) is 18.1 Å². The quantitative estimate of drug-likeness (QED) is 0.903. The fraction of sp³-hybridized carbons (Fsp3) is 0.200. The van der Waals surface area contributed by atoms with Gasteiger partial charge in [-0.15, -0.1) is 0 Å². The van der Waals surface area contributed by atoms with E-state index in [2.05, 4.69) is 0 Å². The number of hydrogen-bond donors (Lipinski definition) is 1. The first-order valence-electron chi connectivity index (χ1n) is 5.87. The highest BCUT2D eigenvalue weighted by Gasteiger charge is 2.23. The van der Waals surface area contributed by atoms with Gasteiger partial charge in [-0.1, -0.05) is 23.7 Å². The number of hydrogen-bond acceptors (Lipinski definition) is 1. The number of nitrogens with two attached hydrogens (primary N) is 1. The van der Waals surface area contributed by atoms with Crippen LogP contribution in [-0.2, 0) is 12.0 Å². The minimum absolute atomic E-state index is 0.283. The monoisotopic (exact) mass is 281 g/mol. The lowest BCUT2D eigenvalue weighted by Crippen LogP contribution is -2.35. The highest BCUT2D eigenvalue weighted by Crippen LogP contribution is 2.26. The second-order valence-electron chi connectivity index (χ2n) is 4.84. The maximum absolute atomic E-state index is 13.7. The molecule has 1 nitrogen and oxygen atoms in total. The molecule has 100 valence electrons. The van der Waals surface area contributed by atoms with Gasteiger partial charge in [-0.05, 0) is 54.8 Å². The van der Waals surface area contributed by atoms with Gasteiger partial charge in [0.25, 0.3) is 0 Å². The average molecular weight is 282 g/mol. The molecular formula is C15H14ClF2N. The van der Waals surface area contributed by atoms with E-state index in [1.807, 2.05) is 0 Å². The van der Waals surface area contributed by atoms with Crippen LogP contribution in [0.2, 0.25) is 5.02 Å². The second kappa shape index (κ2) is 5.27. The lowest BCUT2D eigenvalue weighted by Gasteiger charge is -2.25. The normalized spacial score (nSPS) is 14.2. The molecule has 0 saturated heterocycles. The van der Waals surface area contributed by atoms with Crippen molar-refractivity contribution in [1.29, 1.82) is 0 Å². The number of halogens is 3. The van der Waals surface area contributed by atoms with Gasteiger partial charge >= 0.3 is 0 Å². The molecule has 0 amide bonds. The predicted molar refractivity (Wildman–Crippen MR) is 73.1 cm³/mol. The fourth-order valence-electron chi connectivity index (χ4n) is 2.01. The first-order chi connectivity index (χ1) is 8.88.